The maximum absolute atomic E-state index is 8.88. The fourth-order valence-corrected chi connectivity index (χ4v) is 2.90. The van der Waals surface area contributed by atoms with Gasteiger partial charge in [-0.05, 0) is 30.5 Å². The number of aromatic nitrogens is 3. The van der Waals surface area contributed by atoms with Gasteiger partial charge in [0.05, 0.1) is 11.6 Å². The van der Waals surface area contributed by atoms with Crippen molar-refractivity contribution < 1.29 is 0 Å². The largest absolute Gasteiger partial charge is 0.368 e. The van der Waals surface area contributed by atoms with E-state index in [2.05, 4.69) is 16.3 Å². The third-order valence-corrected chi connectivity index (χ3v) is 4.04. The fourth-order valence-electron chi connectivity index (χ4n) is 1.94. The van der Waals surface area contributed by atoms with E-state index in [1.165, 1.54) is 0 Å². The van der Waals surface area contributed by atoms with Gasteiger partial charge in [-0.3, -0.25) is 4.57 Å². The van der Waals surface area contributed by atoms with E-state index in [0.717, 1.165) is 29.3 Å². The molecular weight excluding hydrogens is 258 g/mol. The average molecular weight is 271 g/mol. The molecule has 0 unspecified atom stereocenters. The van der Waals surface area contributed by atoms with Gasteiger partial charge in [-0.2, -0.15) is 5.26 Å². The van der Waals surface area contributed by atoms with Gasteiger partial charge in [-0.1, -0.05) is 23.9 Å². The molecule has 0 amide bonds. The second-order valence-corrected chi connectivity index (χ2v) is 5.49. The van der Waals surface area contributed by atoms with Crippen molar-refractivity contribution >= 4 is 17.7 Å². The first-order valence-electron chi connectivity index (χ1n) is 6.10. The van der Waals surface area contributed by atoms with Crippen molar-refractivity contribution in [2.75, 3.05) is 5.73 Å². The number of hydrogen-bond donors (Lipinski definition) is 1. The molecular formula is C13H13N5S. The Morgan fingerprint density at radius 2 is 2.26 bits per heavy atom. The second kappa shape index (κ2) is 4.94. The molecule has 3 rings (SSSR count). The highest BCUT2D eigenvalue weighted by molar-refractivity contribution is 7.98. The molecule has 0 aliphatic heterocycles. The zero-order valence-corrected chi connectivity index (χ0v) is 11.1. The summed E-state index contributed by atoms with van der Waals surface area (Å²) in [7, 11) is 0. The summed E-state index contributed by atoms with van der Waals surface area (Å²) >= 11 is 1.61. The standard InChI is InChI=1S/C13H13N5S/c14-7-9-2-1-3-10(6-9)8-19-13-17-16-12(15)18(13)11-4-5-11/h1-3,6,11H,4-5,8H2,(H2,15,16). The molecule has 1 fully saturated rings. The number of nitriles is 1. The highest BCUT2D eigenvalue weighted by Crippen LogP contribution is 2.39. The molecule has 1 saturated carbocycles. The number of benzene rings is 1. The molecule has 0 spiro atoms. The van der Waals surface area contributed by atoms with Crippen LogP contribution in [0.15, 0.2) is 29.4 Å². The number of nitrogens with zero attached hydrogens (tertiary/aromatic N) is 4. The monoisotopic (exact) mass is 271 g/mol. The van der Waals surface area contributed by atoms with Gasteiger partial charge in [0, 0.05) is 11.8 Å². The van der Waals surface area contributed by atoms with E-state index < -0.39 is 0 Å². The number of nitrogens with two attached hydrogens (primary N) is 1. The van der Waals surface area contributed by atoms with Crippen molar-refractivity contribution in [1.29, 1.82) is 5.26 Å². The minimum absolute atomic E-state index is 0.475. The number of thioether (sulfide) groups is 1. The van der Waals surface area contributed by atoms with Crippen molar-refractivity contribution in [3.05, 3.63) is 35.4 Å². The van der Waals surface area contributed by atoms with Crippen LogP contribution < -0.4 is 5.73 Å². The summed E-state index contributed by atoms with van der Waals surface area (Å²) in [4.78, 5) is 0. The lowest BCUT2D eigenvalue weighted by Gasteiger charge is -2.06. The molecule has 1 aromatic carbocycles. The van der Waals surface area contributed by atoms with E-state index in [0.29, 0.717) is 17.6 Å². The van der Waals surface area contributed by atoms with Crippen LogP contribution >= 0.6 is 11.8 Å². The zero-order chi connectivity index (χ0) is 13.2. The van der Waals surface area contributed by atoms with Gasteiger partial charge in [-0.15, -0.1) is 10.2 Å². The quantitative estimate of drug-likeness (QED) is 0.863. The van der Waals surface area contributed by atoms with Crippen molar-refractivity contribution in [1.82, 2.24) is 14.8 Å². The SMILES string of the molecule is N#Cc1cccc(CSc2nnc(N)n2C2CC2)c1. The Bertz CT molecular complexity index is 639. The van der Waals surface area contributed by atoms with Crippen molar-refractivity contribution in [3.63, 3.8) is 0 Å². The van der Waals surface area contributed by atoms with E-state index in [1.54, 1.807) is 17.8 Å². The van der Waals surface area contributed by atoms with Crippen LogP contribution in [-0.2, 0) is 5.75 Å². The minimum Gasteiger partial charge on any atom is -0.368 e. The summed E-state index contributed by atoms with van der Waals surface area (Å²) in [5.41, 5.74) is 7.62. The van der Waals surface area contributed by atoms with Crippen molar-refractivity contribution in [2.45, 2.75) is 29.8 Å². The van der Waals surface area contributed by atoms with Crippen LogP contribution in [0.3, 0.4) is 0 Å². The molecule has 2 aromatic rings. The van der Waals surface area contributed by atoms with Crippen LogP contribution in [0, 0.1) is 11.3 Å². The Morgan fingerprint density at radius 1 is 1.42 bits per heavy atom. The Hall–Kier alpha value is -2.00. The summed E-state index contributed by atoms with van der Waals surface area (Å²) in [6.07, 6.45) is 2.30. The van der Waals surface area contributed by atoms with Crippen LogP contribution in [-0.4, -0.2) is 14.8 Å². The molecule has 0 bridgehead atoms. The Morgan fingerprint density at radius 3 is 3.00 bits per heavy atom. The normalized spacial score (nSPS) is 14.3. The third kappa shape index (κ3) is 2.56. The lowest BCUT2D eigenvalue weighted by molar-refractivity contribution is 0.671. The van der Waals surface area contributed by atoms with E-state index in [9.17, 15) is 0 Å². The second-order valence-electron chi connectivity index (χ2n) is 4.54. The lowest BCUT2D eigenvalue weighted by Crippen LogP contribution is -2.02. The van der Waals surface area contributed by atoms with Gasteiger partial charge in [0.15, 0.2) is 5.16 Å². The molecule has 1 aromatic heterocycles. The smallest absolute Gasteiger partial charge is 0.222 e. The molecule has 1 aliphatic carbocycles. The predicted octanol–water partition coefficient (Wildman–Crippen LogP) is 2.36. The highest BCUT2D eigenvalue weighted by atomic mass is 32.2. The first-order valence-corrected chi connectivity index (χ1v) is 7.08. The summed E-state index contributed by atoms with van der Waals surface area (Å²) < 4.78 is 2.01. The molecule has 1 heterocycles. The van der Waals surface area contributed by atoms with Crippen LogP contribution in [0.1, 0.15) is 30.0 Å². The fraction of sp³-hybridized carbons (Fsp3) is 0.308. The number of anilines is 1. The highest BCUT2D eigenvalue weighted by Gasteiger charge is 2.28. The van der Waals surface area contributed by atoms with Gasteiger partial charge in [-0.25, -0.2) is 0 Å². The van der Waals surface area contributed by atoms with E-state index in [-0.39, 0.29) is 0 Å². The molecule has 19 heavy (non-hydrogen) atoms. The Labute approximate surface area is 115 Å². The van der Waals surface area contributed by atoms with Crippen molar-refractivity contribution in [3.8, 4) is 6.07 Å². The van der Waals surface area contributed by atoms with Crippen LogP contribution in [0.4, 0.5) is 5.95 Å². The maximum Gasteiger partial charge on any atom is 0.222 e. The van der Waals surface area contributed by atoms with Gasteiger partial charge < -0.3 is 5.73 Å². The first kappa shape index (κ1) is 12.1. The molecule has 2 N–H and O–H groups in total. The van der Waals surface area contributed by atoms with Crippen molar-refractivity contribution in [2.24, 2.45) is 0 Å². The van der Waals surface area contributed by atoms with Gasteiger partial charge in [0.1, 0.15) is 0 Å². The summed E-state index contributed by atoms with van der Waals surface area (Å²) in [6.45, 7) is 0. The predicted molar refractivity (Wildman–Crippen MR) is 73.4 cm³/mol. The molecule has 5 nitrogen and oxygen atoms in total. The third-order valence-electron chi connectivity index (χ3n) is 3.03. The minimum atomic E-state index is 0.475. The summed E-state index contributed by atoms with van der Waals surface area (Å²) in [6, 6.07) is 10.2. The zero-order valence-electron chi connectivity index (χ0n) is 10.3. The molecule has 1 aliphatic rings. The Kier molecular flexibility index (Phi) is 3.13. The summed E-state index contributed by atoms with van der Waals surface area (Å²) in [5.74, 6) is 1.26. The van der Waals surface area contributed by atoms with Gasteiger partial charge in [0.25, 0.3) is 0 Å². The molecule has 96 valence electrons. The average Bonchev–Trinajstić information content (AvgIpc) is 3.20. The molecule has 0 radical (unpaired) electrons. The van der Waals surface area contributed by atoms with Crippen LogP contribution in [0.25, 0.3) is 0 Å². The van der Waals surface area contributed by atoms with Gasteiger partial charge in [0.2, 0.25) is 5.95 Å². The molecule has 0 saturated heterocycles. The van der Waals surface area contributed by atoms with E-state index >= 15 is 0 Å². The number of nitrogen functional groups attached to an aromatic ring is 1. The topological polar surface area (TPSA) is 80.5 Å². The number of hydrogen-bond acceptors (Lipinski definition) is 5. The van der Waals surface area contributed by atoms with Gasteiger partial charge >= 0.3 is 0 Å². The van der Waals surface area contributed by atoms with E-state index in [1.807, 2.05) is 22.8 Å². The van der Waals surface area contributed by atoms with E-state index in [4.69, 9.17) is 11.0 Å². The molecule has 0 atom stereocenters. The van der Waals surface area contributed by atoms with Crippen LogP contribution in [0.5, 0.6) is 0 Å². The summed E-state index contributed by atoms with van der Waals surface area (Å²) in [5, 5.41) is 17.8. The number of rotatable bonds is 4. The lowest BCUT2D eigenvalue weighted by atomic mass is 10.2. The maximum atomic E-state index is 8.88. The first-order chi connectivity index (χ1) is 9.28. The molecule has 6 heteroatoms. The Balaban J connectivity index is 1.74. The van der Waals surface area contributed by atoms with Crippen LogP contribution in [0.2, 0.25) is 0 Å².